The van der Waals surface area contributed by atoms with Crippen molar-refractivity contribution in [3.8, 4) is 0 Å². The minimum atomic E-state index is -0.436. The molecule has 0 aliphatic carbocycles. The van der Waals surface area contributed by atoms with Gasteiger partial charge in [-0.1, -0.05) is 0 Å². The number of pyridine rings is 1. The summed E-state index contributed by atoms with van der Waals surface area (Å²) in [6, 6.07) is 1.85. The zero-order valence-electron chi connectivity index (χ0n) is 9.63. The molecule has 0 unspecified atom stereocenters. The maximum Gasteiger partial charge on any atom is 0.356 e. The third-order valence-corrected chi connectivity index (χ3v) is 2.85. The number of halogens is 1. The van der Waals surface area contributed by atoms with Gasteiger partial charge in [-0.3, -0.25) is 0 Å². The van der Waals surface area contributed by atoms with E-state index >= 15 is 0 Å². The minimum Gasteiger partial charge on any atom is -0.464 e. The van der Waals surface area contributed by atoms with Gasteiger partial charge in [0.15, 0.2) is 0 Å². The number of anilines is 1. The molecule has 2 aromatic heterocycles. The van der Waals surface area contributed by atoms with E-state index < -0.39 is 5.97 Å². The smallest absolute Gasteiger partial charge is 0.356 e. The van der Waals surface area contributed by atoms with Crippen molar-refractivity contribution >= 4 is 27.7 Å². The Labute approximate surface area is 112 Å². The van der Waals surface area contributed by atoms with Crippen LogP contribution in [0.1, 0.15) is 16.1 Å². The number of hydrogen-bond acceptors (Lipinski definition) is 5. The summed E-state index contributed by atoms with van der Waals surface area (Å²) >= 11 is 3.33. The first-order chi connectivity index (χ1) is 8.61. The summed E-state index contributed by atoms with van der Waals surface area (Å²) < 4.78 is 7.15. The summed E-state index contributed by atoms with van der Waals surface area (Å²) in [5, 5.41) is 0. The molecule has 0 aliphatic heterocycles. The van der Waals surface area contributed by atoms with Gasteiger partial charge >= 0.3 is 5.97 Å². The Balaban J connectivity index is 2.32. The molecular weight excluding hydrogens is 300 g/mol. The minimum absolute atomic E-state index is 0.372. The zero-order valence-corrected chi connectivity index (χ0v) is 11.2. The maximum atomic E-state index is 11.5. The number of aromatic nitrogens is 3. The predicted octanol–water partition coefficient (Wildman–Crippen LogP) is 1.46. The van der Waals surface area contributed by atoms with Crippen LogP contribution in [0.5, 0.6) is 0 Å². The van der Waals surface area contributed by atoms with Crippen LogP contribution in [-0.2, 0) is 11.3 Å². The molecule has 0 bridgehead atoms. The molecule has 0 saturated carbocycles. The zero-order chi connectivity index (χ0) is 13.1. The fourth-order valence-corrected chi connectivity index (χ4v) is 1.90. The third kappa shape index (κ3) is 2.51. The average Bonchev–Trinajstić information content (AvgIpc) is 2.81. The number of nitrogens with two attached hydrogens (primary N) is 1. The number of carbonyl (C=O) groups is 1. The summed E-state index contributed by atoms with van der Waals surface area (Å²) in [6.07, 6.45) is 4.62. The van der Waals surface area contributed by atoms with E-state index in [1.807, 2.05) is 6.07 Å². The van der Waals surface area contributed by atoms with Crippen LogP contribution < -0.4 is 5.73 Å². The first kappa shape index (κ1) is 12.6. The van der Waals surface area contributed by atoms with Crippen molar-refractivity contribution in [1.82, 2.24) is 14.5 Å². The van der Waals surface area contributed by atoms with Gasteiger partial charge in [-0.2, -0.15) is 0 Å². The van der Waals surface area contributed by atoms with Crippen molar-refractivity contribution < 1.29 is 9.53 Å². The number of hydrogen-bond donors (Lipinski definition) is 1. The van der Waals surface area contributed by atoms with Gasteiger partial charge in [-0.05, 0) is 22.0 Å². The number of nitrogens with zero attached hydrogens (tertiary/aromatic N) is 3. The van der Waals surface area contributed by atoms with Crippen molar-refractivity contribution in [2.24, 2.45) is 0 Å². The van der Waals surface area contributed by atoms with Gasteiger partial charge in [0, 0.05) is 16.2 Å². The topological polar surface area (TPSA) is 83.0 Å². The summed E-state index contributed by atoms with van der Waals surface area (Å²) in [5.74, 6) is -0.0169. The molecule has 0 fully saturated rings. The average molecular weight is 311 g/mol. The van der Waals surface area contributed by atoms with Crippen LogP contribution in [0.3, 0.4) is 0 Å². The van der Waals surface area contributed by atoms with Crippen molar-refractivity contribution in [2.75, 3.05) is 12.8 Å². The van der Waals surface area contributed by atoms with Crippen molar-refractivity contribution in [3.05, 3.63) is 40.5 Å². The van der Waals surface area contributed by atoms with E-state index in [0.29, 0.717) is 18.1 Å². The highest BCUT2D eigenvalue weighted by atomic mass is 79.9. The highest BCUT2D eigenvalue weighted by molar-refractivity contribution is 9.10. The number of carbonyl (C=O) groups excluding carboxylic acids is 1. The largest absolute Gasteiger partial charge is 0.464 e. The lowest BCUT2D eigenvalue weighted by Gasteiger charge is -2.08. The van der Waals surface area contributed by atoms with E-state index in [1.54, 1.807) is 17.1 Å². The highest BCUT2D eigenvalue weighted by Crippen LogP contribution is 2.17. The van der Waals surface area contributed by atoms with E-state index in [9.17, 15) is 4.79 Å². The number of methoxy groups -OCH3 is 1. The molecule has 6 nitrogen and oxygen atoms in total. The Kier molecular flexibility index (Phi) is 3.61. The lowest BCUT2D eigenvalue weighted by Crippen LogP contribution is -2.12. The van der Waals surface area contributed by atoms with Gasteiger partial charge in [0.2, 0.25) is 0 Å². The van der Waals surface area contributed by atoms with Crippen LogP contribution in [0.15, 0.2) is 29.3 Å². The predicted molar refractivity (Wildman–Crippen MR) is 69.0 cm³/mol. The van der Waals surface area contributed by atoms with E-state index in [2.05, 4.69) is 30.6 Å². The Morgan fingerprint density at radius 2 is 2.33 bits per heavy atom. The highest BCUT2D eigenvalue weighted by Gasteiger charge is 2.13. The molecule has 0 amide bonds. The molecular formula is C11H11BrN4O2. The SMILES string of the molecule is COC(=O)c1cncn1Cc1cc(Br)cnc1N. The van der Waals surface area contributed by atoms with Crippen LogP contribution in [0, 0.1) is 0 Å². The number of rotatable bonds is 3. The quantitative estimate of drug-likeness (QED) is 0.868. The second kappa shape index (κ2) is 5.18. The van der Waals surface area contributed by atoms with Crippen LogP contribution in [-0.4, -0.2) is 27.6 Å². The van der Waals surface area contributed by atoms with Crippen molar-refractivity contribution in [2.45, 2.75) is 6.54 Å². The molecule has 0 atom stereocenters. The maximum absolute atomic E-state index is 11.5. The molecule has 0 aliphatic rings. The summed E-state index contributed by atoms with van der Waals surface area (Å²) in [7, 11) is 1.33. The normalized spacial score (nSPS) is 10.3. The molecule has 2 aromatic rings. The van der Waals surface area contributed by atoms with Gasteiger partial charge in [-0.25, -0.2) is 14.8 Å². The molecule has 94 valence electrons. The number of ether oxygens (including phenoxy) is 1. The van der Waals surface area contributed by atoms with Crippen LogP contribution in [0.2, 0.25) is 0 Å². The van der Waals surface area contributed by atoms with Gasteiger partial charge in [0.1, 0.15) is 11.5 Å². The first-order valence-electron chi connectivity index (χ1n) is 5.10. The third-order valence-electron chi connectivity index (χ3n) is 2.42. The van der Waals surface area contributed by atoms with Crippen molar-refractivity contribution in [1.29, 1.82) is 0 Å². The van der Waals surface area contributed by atoms with Gasteiger partial charge in [-0.15, -0.1) is 0 Å². The Bertz CT molecular complexity index is 582. The second-order valence-electron chi connectivity index (χ2n) is 3.60. The van der Waals surface area contributed by atoms with E-state index in [1.165, 1.54) is 13.3 Å². The lowest BCUT2D eigenvalue weighted by molar-refractivity contribution is 0.0589. The van der Waals surface area contributed by atoms with Gasteiger partial charge < -0.3 is 15.0 Å². The second-order valence-corrected chi connectivity index (χ2v) is 4.51. The van der Waals surface area contributed by atoms with Crippen LogP contribution in [0.4, 0.5) is 5.82 Å². The molecule has 0 aromatic carbocycles. The van der Waals surface area contributed by atoms with Gasteiger partial charge in [0.25, 0.3) is 0 Å². The standard InChI is InChI=1S/C11H11BrN4O2/c1-18-11(17)9-4-14-6-16(9)5-7-2-8(12)3-15-10(7)13/h2-4,6H,5H2,1H3,(H2,13,15). The Morgan fingerprint density at radius 1 is 1.56 bits per heavy atom. The molecule has 7 heteroatoms. The molecule has 0 spiro atoms. The van der Waals surface area contributed by atoms with Crippen LogP contribution >= 0.6 is 15.9 Å². The molecule has 18 heavy (non-hydrogen) atoms. The number of esters is 1. The molecule has 0 saturated heterocycles. The number of nitrogen functional groups attached to an aromatic ring is 1. The molecule has 2 heterocycles. The molecule has 2 N–H and O–H groups in total. The Morgan fingerprint density at radius 3 is 3.06 bits per heavy atom. The fourth-order valence-electron chi connectivity index (χ4n) is 1.52. The van der Waals surface area contributed by atoms with E-state index in [4.69, 9.17) is 5.73 Å². The fraction of sp³-hybridized carbons (Fsp3) is 0.182. The summed E-state index contributed by atoms with van der Waals surface area (Å²) in [5.41, 5.74) is 6.95. The monoisotopic (exact) mass is 310 g/mol. The van der Waals surface area contributed by atoms with Crippen LogP contribution in [0.25, 0.3) is 0 Å². The Hall–Kier alpha value is -1.89. The van der Waals surface area contributed by atoms with Crippen molar-refractivity contribution in [3.63, 3.8) is 0 Å². The van der Waals surface area contributed by atoms with Gasteiger partial charge in [0.05, 0.1) is 26.2 Å². The first-order valence-corrected chi connectivity index (χ1v) is 5.89. The summed E-state index contributed by atoms with van der Waals surface area (Å²) in [6.45, 7) is 0.405. The lowest BCUT2D eigenvalue weighted by atomic mass is 10.2. The van der Waals surface area contributed by atoms with E-state index in [-0.39, 0.29) is 0 Å². The van der Waals surface area contributed by atoms with E-state index in [0.717, 1.165) is 10.0 Å². The number of imidazole rings is 1. The summed E-state index contributed by atoms with van der Waals surface area (Å²) in [4.78, 5) is 19.5. The molecule has 0 radical (unpaired) electrons. The molecule has 2 rings (SSSR count).